The molecule has 162 valence electrons. The molecule has 1 saturated carbocycles. The normalized spacial score (nSPS) is 31.3. The largest absolute Gasteiger partial charge is 0.384 e. The second kappa shape index (κ2) is 8.71. The van der Waals surface area contributed by atoms with Crippen molar-refractivity contribution in [2.24, 2.45) is 17.8 Å². The number of fused-ring (bicyclic) bond motifs is 1. The summed E-state index contributed by atoms with van der Waals surface area (Å²) in [5.74, 6) is -0.415. The lowest BCUT2D eigenvalue weighted by Crippen LogP contribution is -2.56. The molecule has 2 saturated heterocycles. The standard InChI is InChI=1S/C22H28FN3O4/c1-30-12-14-8-20(27)25-19-10-16(4-7-18(14)19)24-22(29)13-9-21(28)26(11-13)17-5-2-15(23)3-6-17/h2-3,5-6,13-14,16,18-19H,4,7-12H2,1H3,(H,24,29)(H,25,27). The number of halogens is 1. The SMILES string of the molecule is COCC1CC(=O)NC2CC(NC(=O)C3CC(=O)N(c4ccc(F)cc4)C3)CCC12. The lowest BCUT2D eigenvalue weighted by Gasteiger charge is -2.44. The van der Waals surface area contributed by atoms with Gasteiger partial charge in [-0.05, 0) is 55.4 Å². The molecule has 8 heteroatoms. The third-order valence-corrected chi connectivity index (χ3v) is 6.66. The van der Waals surface area contributed by atoms with E-state index < -0.39 is 5.92 Å². The molecule has 2 N–H and O–H groups in total. The minimum atomic E-state index is -0.428. The molecule has 5 unspecified atom stereocenters. The average molecular weight is 417 g/mol. The maximum atomic E-state index is 13.1. The van der Waals surface area contributed by atoms with E-state index in [0.29, 0.717) is 37.6 Å². The molecule has 0 spiro atoms. The third kappa shape index (κ3) is 4.33. The minimum absolute atomic E-state index is 0.0182. The molecule has 3 amide bonds. The number of nitrogens with one attached hydrogen (secondary N) is 2. The Morgan fingerprint density at radius 3 is 2.73 bits per heavy atom. The van der Waals surface area contributed by atoms with Crippen LogP contribution < -0.4 is 15.5 Å². The van der Waals surface area contributed by atoms with Crippen molar-refractivity contribution in [3.8, 4) is 0 Å². The molecule has 7 nitrogen and oxygen atoms in total. The number of rotatable bonds is 5. The second-order valence-corrected chi connectivity index (χ2v) is 8.66. The van der Waals surface area contributed by atoms with Crippen LogP contribution in [0.1, 0.15) is 32.1 Å². The fraction of sp³-hybridized carbons (Fsp3) is 0.591. The molecule has 0 bridgehead atoms. The summed E-state index contributed by atoms with van der Waals surface area (Å²) >= 11 is 0. The first-order chi connectivity index (χ1) is 14.4. The lowest BCUT2D eigenvalue weighted by atomic mass is 9.71. The number of carbonyl (C=O) groups is 3. The minimum Gasteiger partial charge on any atom is -0.384 e. The third-order valence-electron chi connectivity index (χ3n) is 6.66. The van der Waals surface area contributed by atoms with E-state index in [1.165, 1.54) is 17.0 Å². The number of anilines is 1. The van der Waals surface area contributed by atoms with Crippen molar-refractivity contribution < 1.29 is 23.5 Å². The molecule has 1 aliphatic carbocycles. The average Bonchev–Trinajstić information content (AvgIpc) is 3.10. The van der Waals surface area contributed by atoms with Crippen molar-refractivity contribution in [3.05, 3.63) is 30.1 Å². The summed E-state index contributed by atoms with van der Waals surface area (Å²) < 4.78 is 18.4. The van der Waals surface area contributed by atoms with E-state index in [-0.39, 0.29) is 48.0 Å². The number of hydrogen-bond acceptors (Lipinski definition) is 4. The highest BCUT2D eigenvalue weighted by Gasteiger charge is 2.42. The Balaban J connectivity index is 1.34. The Morgan fingerprint density at radius 1 is 1.23 bits per heavy atom. The first-order valence-electron chi connectivity index (χ1n) is 10.6. The number of ether oxygens (including phenoxy) is 1. The maximum Gasteiger partial charge on any atom is 0.227 e. The Kier molecular flexibility index (Phi) is 6.04. The van der Waals surface area contributed by atoms with Crippen molar-refractivity contribution in [1.82, 2.24) is 10.6 Å². The van der Waals surface area contributed by atoms with E-state index in [2.05, 4.69) is 10.6 Å². The van der Waals surface area contributed by atoms with Gasteiger partial charge in [-0.3, -0.25) is 14.4 Å². The van der Waals surface area contributed by atoms with Gasteiger partial charge in [0.15, 0.2) is 0 Å². The monoisotopic (exact) mass is 417 g/mol. The van der Waals surface area contributed by atoms with Crippen LogP contribution in [0.3, 0.4) is 0 Å². The molecule has 4 rings (SSSR count). The predicted octanol–water partition coefficient (Wildman–Crippen LogP) is 1.61. The van der Waals surface area contributed by atoms with Crippen LogP contribution in [0.2, 0.25) is 0 Å². The van der Waals surface area contributed by atoms with Gasteiger partial charge >= 0.3 is 0 Å². The first-order valence-corrected chi connectivity index (χ1v) is 10.6. The molecule has 30 heavy (non-hydrogen) atoms. The fourth-order valence-corrected chi connectivity index (χ4v) is 5.18. The van der Waals surface area contributed by atoms with Gasteiger partial charge in [0, 0.05) is 50.9 Å². The molecule has 3 aliphatic rings. The van der Waals surface area contributed by atoms with Crippen LogP contribution in [0.25, 0.3) is 0 Å². The Morgan fingerprint density at radius 2 is 2.00 bits per heavy atom. The predicted molar refractivity (Wildman–Crippen MR) is 108 cm³/mol. The van der Waals surface area contributed by atoms with E-state index in [1.54, 1.807) is 19.2 Å². The second-order valence-electron chi connectivity index (χ2n) is 8.66. The number of benzene rings is 1. The maximum absolute atomic E-state index is 13.1. The Labute approximate surface area is 175 Å². The zero-order valence-corrected chi connectivity index (χ0v) is 17.1. The van der Waals surface area contributed by atoms with Crippen LogP contribution in [0.15, 0.2) is 24.3 Å². The van der Waals surface area contributed by atoms with Gasteiger partial charge in [-0.2, -0.15) is 0 Å². The van der Waals surface area contributed by atoms with E-state index >= 15 is 0 Å². The number of methoxy groups -OCH3 is 1. The summed E-state index contributed by atoms with van der Waals surface area (Å²) in [5.41, 5.74) is 0.603. The van der Waals surface area contributed by atoms with E-state index in [4.69, 9.17) is 4.74 Å². The van der Waals surface area contributed by atoms with Crippen LogP contribution in [0, 0.1) is 23.6 Å². The summed E-state index contributed by atoms with van der Waals surface area (Å²) in [6.07, 6.45) is 3.12. The summed E-state index contributed by atoms with van der Waals surface area (Å²) in [6.45, 7) is 0.872. The molecule has 0 aromatic heterocycles. The highest BCUT2D eigenvalue weighted by Crippen LogP contribution is 2.36. The van der Waals surface area contributed by atoms with Crippen LogP contribution in [0.4, 0.5) is 10.1 Å². The summed E-state index contributed by atoms with van der Waals surface area (Å²) in [4.78, 5) is 38.8. The van der Waals surface area contributed by atoms with Gasteiger partial charge < -0.3 is 20.3 Å². The Hall–Kier alpha value is -2.48. The molecular formula is C22H28FN3O4. The van der Waals surface area contributed by atoms with E-state index in [1.807, 2.05) is 0 Å². The summed E-state index contributed by atoms with van der Waals surface area (Å²) in [5, 5.41) is 6.18. The van der Waals surface area contributed by atoms with Crippen molar-refractivity contribution in [2.75, 3.05) is 25.2 Å². The number of nitrogens with zero attached hydrogens (tertiary/aromatic N) is 1. The summed E-state index contributed by atoms with van der Waals surface area (Å²) in [6, 6.07) is 5.75. The van der Waals surface area contributed by atoms with E-state index in [9.17, 15) is 18.8 Å². The molecular weight excluding hydrogens is 389 g/mol. The van der Waals surface area contributed by atoms with Crippen molar-refractivity contribution in [1.29, 1.82) is 0 Å². The highest BCUT2D eigenvalue weighted by atomic mass is 19.1. The van der Waals surface area contributed by atoms with Crippen LogP contribution in [-0.4, -0.2) is 50.1 Å². The van der Waals surface area contributed by atoms with Crippen molar-refractivity contribution in [2.45, 2.75) is 44.2 Å². The quantitative estimate of drug-likeness (QED) is 0.762. The van der Waals surface area contributed by atoms with Crippen molar-refractivity contribution in [3.63, 3.8) is 0 Å². The van der Waals surface area contributed by atoms with Crippen LogP contribution in [0.5, 0.6) is 0 Å². The van der Waals surface area contributed by atoms with Gasteiger partial charge in [0.2, 0.25) is 17.7 Å². The number of amides is 3. The molecule has 1 aromatic carbocycles. The fourth-order valence-electron chi connectivity index (χ4n) is 5.18. The zero-order valence-electron chi connectivity index (χ0n) is 17.1. The first kappa shape index (κ1) is 20.8. The Bertz CT molecular complexity index is 815. The van der Waals surface area contributed by atoms with Gasteiger partial charge in [0.05, 0.1) is 5.92 Å². The number of carbonyl (C=O) groups excluding carboxylic acids is 3. The molecule has 2 heterocycles. The van der Waals surface area contributed by atoms with Gasteiger partial charge in [-0.25, -0.2) is 4.39 Å². The molecule has 0 radical (unpaired) electrons. The van der Waals surface area contributed by atoms with Gasteiger partial charge in [0.25, 0.3) is 0 Å². The van der Waals surface area contributed by atoms with Crippen molar-refractivity contribution >= 4 is 23.4 Å². The molecule has 5 atom stereocenters. The molecule has 3 fully saturated rings. The lowest BCUT2D eigenvalue weighted by molar-refractivity contribution is -0.129. The van der Waals surface area contributed by atoms with Gasteiger partial charge in [-0.15, -0.1) is 0 Å². The molecule has 2 aliphatic heterocycles. The van der Waals surface area contributed by atoms with Gasteiger partial charge in [0.1, 0.15) is 5.82 Å². The van der Waals surface area contributed by atoms with Gasteiger partial charge in [-0.1, -0.05) is 0 Å². The molecule has 1 aromatic rings. The van der Waals surface area contributed by atoms with Crippen LogP contribution >= 0.6 is 0 Å². The summed E-state index contributed by atoms with van der Waals surface area (Å²) in [7, 11) is 1.66. The topological polar surface area (TPSA) is 87.7 Å². The smallest absolute Gasteiger partial charge is 0.227 e. The van der Waals surface area contributed by atoms with Crippen LogP contribution in [-0.2, 0) is 19.1 Å². The zero-order chi connectivity index (χ0) is 21.3. The number of hydrogen-bond donors (Lipinski definition) is 2. The number of piperidine rings is 1. The van der Waals surface area contributed by atoms with E-state index in [0.717, 1.165) is 12.8 Å². The highest BCUT2D eigenvalue weighted by molar-refractivity contribution is 6.00.